The summed E-state index contributed by atoms with van der Waals surface area (Å²) in [6.45, 7) is 6.00. The van der Waals surface area contributed by atoms with Gasteiger partial charge in [0.05, 0.1) is 10.5 Å². The zero-order valence-electron chi connectivity index (χ0n) is 11.3. The first-order chi connectivity index (χ1) is 9.52. The maximum absolute atomic E-state index is 11.1. The monoisotopic (exact) mass is 279 g/mol. The number of hydrogen-bond donors (Lipinski definition) is 1. The molecule has 0 radical (unpaired) electrons. The highest BCUT2D eigenvalue weighted by Crippen LogP contribution is 2.30. The van der Waals surface area contributed by atoms with Crippen LogP contribution in [0.2, 0.25) is 0 Å². The molecule has 7 heteroatoms. The van der Waals surface area contributed by atoms with Crippen LogP contribution in [0.4, 0.5) is 11.4 Å². The summed E-state index contributed by atoms with van der Waals surface area (Å²) in [5.41, 5.74) is 0.425. The van der Waals surface area contributed by atoms with Crippen molar-refractivity contribution < 1.29 is 14.8 Å². The summed E-state index contributed by atoms with van der Waals surface area (Å²) in [4.78, 5) is 25.8. The van der Waals surface area contributed by atoms with Gasteiger partial charge in [0.15, 0.2) is 0 Å². The molecule has 7 nitrogen and oxygen atoms in total. The second kappa shape index (κ2) is 5.87. The van der Waals surface area contributed by atoms with Crippen LogP contribution >= 0.6 is 0 Å². The van der Waals surface area contributed by atoms with Crippen LogP contribution in [0.15, 0.2) is 18.2 Å². The van der Waals surface area contributed by atoms with E-state index in [0.717, 1.165) is 19.6 Å². The summed E-state index contributed by atoms with van der Waals surface area (Å²) < 4.78 is 0. The van der Waals surface area contributed by atoms with Crippen molar-refractivity contribution in [2.45, 2.75) is 6.92 Å². The second-order valence-electron chi connectivity index (χ2n) is 4.69. The number of anilines is 1. The number of nitrogens with zero attached hydrogens (tertiary/aromatic N) is 3. The Hall–Kier alpha value is -2.15. The second-order valence-corrected chi connectivity index (χ2v) is 4.69. The van der Waals surface area contributed by atoms with Crippen LogP contribution in [-0.4, -0.2) is 53.6 Å². The fraction of sp³-hybridized carbons (Fsp3) is 0.462. The number of piperazine rings is 1. The van der Waals surface area contributed by atoms with Gasteiger partial charge in [-0.25, -0.2) is 4.79 Å². The van der Waals surface area contributed by atoms with Crippen LogP contribution in [0.25, 0.3) is 0 Å². The highest BCUT2D eigenvalue weighted by atomic mass is 16.6. The summed E-state index contributed by atoms with van der Waals surface area (Å²) >= 11 is 0. The molecule has 0 unspecified atom stereocenters. The molecule has 1 heterocycles. The van der Waals surface area contributed by atoms with E-state index >= 15 is 0 Å². The number of nitro benzene ring substituents is 1. The molecular weight excluding hydrogens is 262 g/mol. The van der Waals surface area contributed by atoms with Crippen LogP contribution in [0.1, 0.15) is 17.3 Å². The van der Waals surface area contributed by atoms with E-state index in [0.29, 0.717) is 18.8 Å². The van der Waals surface area contributed by atoms with E-state index in [1.54, 1.807) is 0 Å². The fourth-order valence-electron chi connectivity index (χ4n) is 2.37. The van der Waals surface area contributed by atoms with Gasteiger partial charge in [0.1, 0.15) is 5.69 Å². The van der Waals surface area contributed by atoms with Crippen molar-refractivity contribution in [1.82, 2.24) is 4.90 Å². The van der Waals surface area contributed by atoms with Gasteiger partial charge < -0.3 is 14.9 Å². The summed E-state index contributed by atoms with van der Waals surface area (Å²) in [7, 11) is 0. The minimum Gasteiger partial charge on any atom is -0.478 e. The average molecular weight is 279 g/mol. The Kier molecular flexibility index (Phi) is 4.19. The number of nitro groups is 1. The smallest absolute Gasteiger partial charge is 0.335 e. The van der Waals surface area contributed by atoms with E-state index < -0.39 is 10.9 Å². The predicted molar refractivity (Wildman–Crippen MR) is 74.4 cm³/mol. The molecule has 0 aliphatic carbocycles. The predicted octanol–water partition coefficient (Wildman–Crippen LogP) is 1.43. The standard InChI is InChI=1S/C13H17N3O4/c1-2-14-5-7-15(8-6-14)12-9-10(13(17)18)3-4-11(12)16(19)20/h3-4,9H,2,5-8H2,1H3,(H,17,18). The molecule has 1 aliphatic heterocycles. The lowest BCUT2D eigenvalue weighted by Crippen LogP contribution is -2.46. The first-order valence-corrected chi connectivity index (χ1v) is 6.52. The molecule has 0 aromatic heterocycles. The van der Waals surface area contributed by atoms with Gasteiger partial charge >= 0.3 is 5.97 Å². The largest absolute Gasteiger partial charge is 0.478 e. The van der Waals surface area contributed by atoms with E-state index in [1.807, 2.05) is 4.90 Å². The SMILES string of the molecule is CCN1CCN(c2cc(C(=O)O)ccc2[N+](=O)[O-])CC1. The Labute approximate surface area is 116 Å². The van der Waals surface area contributed by atoms with Gasteiger partial charge in [-0.1, -0.05) is 6.92 Å². The van der Waals surface area contributed by atoms with Gasteiger partial charge in [0, 0.05) is 32.2 Å². The Bertz CT molecular complexity index is 524. The number of carboxylic acids is 1. The number of likely N-dealkylation sites (N-methyl/N-ethyl adjacent to an activating group) is 1. The van der Waals surface area contributed by atoms with Crippen LogP contribution in [0, 0.1) is 10.1 Å². The molecule has 1 aromatic carbocycles. The number of rotatable bonds is 4. The van der Waals surface area contributed by atoms with Gasteiger partial charge in [-0.15, -0.1) is 0 Å². The molecule has 20 heavy (non-hydrogen) atoms. The van der Waals surface area contributed by atoms with Gasteiger partial charge in [-0.05, 0) is 18.7 Å². The van der Waals surface area contributed by atoms with Gasteiger partial charge in [-0.3, -0.25) is 10.1 Å². The Morgan fingerprint density at radius 3 is 2.50 bits per heavy atom. The van der Waals surface area contributed by atoms with Crippen molar-refractivity contribution >= 4 is 17.3 Å². The molecule has 1 aromatic rings. The number of hydrogen-bond acceptors (Lipinski definition) is 5. The maximum atomic E-state index is 11.1. The first-order valence-electron chi connectivity index (χ1n) is 6.52. The molecule has 0 atom stereocenters. The molecule has 0 spiro atoms. The molecule has 0 amide bonds. The zero-order valence-corrected chi connectivity index (χ0v) is 11.3. The molecule has 1 fully saturated rings. The van der Waals surface area contributed by atoms with Crippen LogP contribution in [0.3, 0.4) is 0 Å². The lowest BCUT2D eigenvalue weighted by Gasteiger charge is -2.35. The maximum Gasteiger partial charge on any atom is 0.335 e. The summed E-state index contributed by atoms with van der Waals surface area (Å²) in [6, 6.07) is 3.93. The Balaban J connectivity index is 2.31. The van der Waals surface area contributed by atoms with E-state index in [-0.39, 0.29) is 11.3 Å². The molecule has 1 aliphatic rings. The van der Waals surface area contributed by atoms with Crippen molar-refractivity contribution in [2.24, 2.45) is 0 Å². The van der Waals surface area contributed by atoms with Crippen molar-refractivity contribution in [2.75, 3.05) is 37.6 Å². The van der Waals surface area contributed by atoms with Gasteiger partial charge in [0.25, 0.3) is 5.69 Å². The van der Waals surface area contributed by atoms with Crippen molar-refractivity contribution in [1.29, 1.82) is 0 Å². The first kappa shape index (κ1) is 14.3. The summed E-state index contributed by atoms with van der Waals surface area (Å²) in [6.07, 6.45) is 0. The normalized spacial score (nSPS) is 16.1. The molecule has 108 valence electrons. The van der Waals surface area contributed by atoms with E-state index in [4.69, 9.17) is 5.11 Å². The average Bonchev–Trinajstić information content (AvgIpc) is 2.46. The Morgan fingerprint density at radius 2 is 2.00 bits per heavy atom. The lowest BCUT2D eigenvalue weighted by molar-refractivity contribution is -0.384. The summed E-state index contributed by atoms with van der Waals surface area (Å²) in [5.74, 6) is -1.08. The minimum atomic E-state index is -1.08. The van der Waals surface area contributed by atoms with Crippen molar-refractivity contribution in [3.63, 3.8) is 0 Å². The van der Waals surface area contributed by atoms with Crippen LogP contribution < -0.4 is 4.90 Å². The molecule has 2 rings (SSSR count). The quantitative estimate of drug-likeness (QED) is 0.662. The molecule has 0 bridgehead atoms. The third-order valence-electron chi connectivity index (χ3n) is 3.58. The molecular formula is C13H17N3O4. The Morgan fingerprint density at radius 1 is 1.35 bits per heavy atom. The number of aromatic carboxylic acids is 1. The van der Waals surface area contributed by atoms with Gasteiger partial charge in [-0.2, -0.15) is 0 Å². The lowest BCUT2D eigenvalue weighted by atomic mass is 10.1. The highest BCUT2D eigenvalue weighted by molar-refractivity contribution is 5.90. The topological polar surface area (TPSA) is 86.9 Å². The number of carbonyl (C=O) groups is 1. The van der Waals surface area contributed by atoms with Crippen molar-refractivity contribution in [3.8, 4) is 0 Å². The van der Waals surface area contributed by atoms with Crippen LogP contribution in [0.5, 0.6) is 0 Å². The zero-order chi connectivity index (χ0) is 14.7. The molecule has 0 saturated carbocycles. The number of carboxylic acid groups (broad SMARTS) is 1. The molecule has 1 saturated heterocycles. The molecule has 1 N–H and O–H groups in total. The number of benzene rings is 1. The minimum absolute atomic E-state index is 0.0417. The van der Waals surface area contributed by atoms with Gasteiger partial charge in [0.2, 0.25) is 0 Å². The van der Waals surface area contributed by atoms with Crippen molar-refractivity contribution in [3.05, 3.63) is 33.9 Å². The van der Waals surface area contributed by atoms with E-state index in [1.165, 1.54) is 18.2 Å². The fourth-order valence-corrected chi connectivity index (χ4v) is 2.37. The third kappa shape index (κ3) is 2.88. The summed E-state index contributed by atoms with van der Waals surface area (Å²) in [5, 5.41) is 20.1. The van der Waals surface area contributed by atoms with Crippen LogP contribution in [-0.2, 0) is 0 Å². The third-order valence-corrected chi connectivity index (χ3v) is 3.58. The van der Waals surface area contributed by atoms with E-state index in [2.05, 4.69) is 11.8 Å². The highest BCUT2D eigenvalue weighted by Gasteiger charge is 2.24. The van der Waals surface area contributed by atoms with E-state index in [9.17, 15) is 14.9 Å².